The van der Waals surface area contributed by atoms with E-state index in [2.05, 4.69) is 15.0 Å². The Labute approximate surface area is 149 Å². The molecule has 0 aromatic carbocycles. The first-order chi connectivity index (χ1) is 11.7. The molecular formula is C14H24N4O6S. The Kier molecular flexibility index (Phi) is 11.0. The van der Waals surface area contributed by atoms with Crippen molar-refractivity contribution in [3.8, 4) is 0 Å². The van der Waals surface area contributed by atoms with Crippen molar-refractivity contribution >= 4 is 40.7 Å². The van der Waals surface area contributed by atoms with Crippen molar-refractivity contribution in [1.29, 1.82) is 0 Å². The van der Waals surface area contributed by atoms with Crippen LogP contribution in [0.1, 0.15) is 26.2 Å². The number of esters is 1. The van der Waals surface area contributed by atoms with Crippen molar-refractivity contribution in [2.24, 2.45) is 22.4 Å². The van der Waals surface area contributed by atoms with Gasteiger partial charge in [-0.05, 0) is 12.8 Å². The predicted molar refractivity (Wildman–Crippen MR) is 92.7 cm³/mol. The van der Waals surface area contributed by atoms with Gasteiger partial charge in [0.2, 0.25) is 5.91 Å². The molecule has 11 heteroatoms. The molecule has 1 amide bonds. The van der Waals surface area contributed by atoms with Gasteiger partial charge in [0.1, 0.15) is 6.04 Å². The smallest absolute Gasteiger partial charge is 0.326 e. The van der Waals surface area contributed by atoms with Gasteiger partial charge < -0.3 is 26.6 Å². The molecule has 0 aliphatic rings. The van der Waals surface area contributed by atoms with Gasteiger partial charge in [0.15, 0.2) is 11.1 Å². The number of methoxy groups -OCH3 is 1. The van der Waals surface area contributed by atoms with E-state index in [4.69, 9.17) is 11.5 Å². The topological polar surface area (TPSA) is 174 Å². The van der Waals surface area contributed by atoms with E-state index in [1.165, 1.54) is 14.0 Å². The van der Waals surface area contributed by atoms with E-state index in [1.54, 1.807) is 0 Å². The fourth-order valence-corrected chi connectivity index (χ4v) is 2.49. The molecule has 0 aliphatic carbocycles. The number of carboxylic acids is 1. The molecule has 0 aliphatic heterocycles. The minimum atomic E-state index is -1.21. The van der Waals surface area contributed by atoms with E-state index in [0.717, 1.165) is 11.8 Å². The molecule has 6 N–H and O–H groups in total. The number of carboxylic acid groups (broad SMARTS) is 1. The average molecular weight is 376 g/mol. The summed E-state index contributed by atoms with van der Waals surface area (Å²) in [6.45, 7) is 1.56. The third kappa shape index (κ3) is 11.0. The van der Waals surface area contributed by atoms with Crippen LogP contribution in [-0.4, -0.2) is 59.5 Å². The monoisotopic (exact) mass is 376 g/mol. The lowest BCUT2D eigenvalue weighted by Gasteiger charge is -2.19. The van der Waals surface area contributed by atoms with Gasteiger partial charge in [-0.3, -0.25) is 19.4 Å². The van der Waals surface area contributed by atoms with Gasteiger partial charge in [0.05, 0.1) is 19.4 Å². The van der Waals surface area contributed by atoms with Crippen molar-refractivity contribution in [2.45, 2.75) is 32.2 Å². The summed E-state index contributed by atoms with van der Waals surface area (Å²) >= 11 is 0.880. The number of thioether (sulfide) groups is 1. The second-order valence-electron chi connectivity index (χ2n) is 5.13. The van der Waals surface area contributed by atoms with Crippen LogP contribution in [0.5, 0.6) is 0 Å². The fourth-order valence-electron chi connectivity index (χ4n) is 1.78. The molecule has 0 rings (SSSR count). The van der Waals surface area contributed by atoms with E-state index < -0.39 is 29.8 Å². The maximum absolute atomic E-state index is 12.3. The zero-order valence-electron chi connectivity index (χ0n) is 14.2. The third-order valence-corrected chi connectivity index (χ3v) is 4.03. The van der Waals surface area contributed by atoms with Gasteiger partial charge >= 0.3 is 11.9 Å². The highest BCUT2D eigenvalue weighted by Crippen LogP contribution is 2.15. The summed E-state index contributed by atoms with van der Waals surface area (Å²) in [5.41, 5.74) is 10.3. The highest BCUT2D eigenvalue weighted by Gasteiger charge is 2.27. The molecule has 142 valence electrons. The molecule has 0 saturated carbocycles. The van der Waals surface area contributed by atoms with Crippen molar-refractivity contribution in [3.63, 3.8) is 0 Å². The molecule has 0 saturated heterocycles. The molecule has 1 unspecified atom stereocenters. The Bertz CT molecular complexity index is 521. The number of rotatable bonds is 11. The summed E-state index contributed by atoms with van der Waals surface area (Å²) in [5, 5.41) is 11.4. The molecule has 0 spiro atoms. The minimum absolute atomic E-state index is 0.0522. The Hall–Kier alpha value is -2.30. The molecule has 0 heterocycles. The van der Waals surface area contributed by atoms with E-state index in [0.29, 0.717) is 6.42 Å². The van der Waals surface area contributed by atoms with E-state index in [9.17, 15) is 24.3 Å². The Morgan fingerprint density at radius 1 is 1.28 bits per heavy atom. The lowest BCUT2D eigenvalue weighted by Crippen LogP contribution is -2.44. The molecule has 0 radical (unpaired) electrons. The van der Waals surface area contributed by atoms with Crippen LogP contribution in [-0.2, 0) is 23.9 Å². The second-order valence-corrected chi connectivity index (χ2v) is 6.32. The molecule has 0 fully saturated rings. The molecular weight excluding hydrogens is 352 g/mol. The molecule has 25 heavy (non-hydrogen) atoms. The summed E-state index contributed by atoms with van der Waals surface area (Å²) in [5.74, 6) is -3.39. The third-order valence-electron chi connectivity index (χ3n) is 3.06. The van der Waals surface area contributed by atoms with Gasteiger partial charge in [-0.2, -0.15) is 0 Å². The SMILES string of the molecule is COC(=O)CC(CSC(C)=O)C(=O)N[C@@H](CCCN=C(N)N)C(=O)O. The van der Waals surface area contributed by atoms with Gasteiger partial charge in [-0.15, -0.1) is 0 Å². The van der Waals surface area contributed by atoms with Crippen LogP contribution < -0.4 is 16.8 Å². The van der Waals surface area contributed by atoms with Gasteiger partial charge in [0, 0.05) is 19.2 Å². The maximum atomic E-state index is 12.3. The summed E-state index contributed by atoms with van der Waals surface area (Å²) in [6.07, 6.45) is 0.213. The largest absolute Gasteiger partial charge is 0.480 e. The summed E-state index contributed by atoms with van der Waals surface area (Å²) < 4.78 is 4.52. The zero-order valence-corrected chi connectivity index (χ0v) is 15.0. The number of carbonyl (C=O) groups is 4. The number of hydrogen-bond acceptors (Lipinski definition) is 7. The molecule has 10 nitrogen and oxygen atoms in total. The van der Waals surface area contributed by atoms with E-state index in [1.807, 2.05) is 0 Å². The number of hydrogen-bond donors (Lipinski definition) is 4. The number of ether oxygens (including phenoxy) is 1. The highest BCUT2D eigenvalue weighted by molar-refractivity contribution is 8.13. The fraction of sp³-hybridized carbons (Fsp3) is 0.643. The van der Waals surface area contributed by atoms with Crippen LogP contribution in [0.15, 0.2) is 4.99 Å². The molecule has 0 aromatic heterocycles. The lowest BCUT2D eigenvalue weighted by atomic mass is 10.1. The van der Waals surface area contributed by atoms with Gasteiger partial charge in [-0.1, -0.05) is 11.8 Å². The lowest BCUT2D eigenvalue weighted by molar-refractivity contribution is -0.145. The number of carbonyl (C=O) groups excluding carboxylic acids is 3. The van der Waals surface area contributed by atoms with E-state index in [-0.39, 0.29) is 36.2 Å². The Balaban J connectivity index is 4.80. The zero-order chi connectivity index (χ0) is 19.4. The van der Waals surface area contributed by atoms with E-state index >= 15 is 0 Å². The Morgan fingerprint density at radius 2 is 1.92 bits per heavy atom. The van der Waals surface area contributed by atoms with Gasteiger partial charge in [-0.25, -0.2) is 4.79 Å². The number of amides is 1. The summed E-state index contributed by atoms with van der Waals surface area (Å²) in [7, 11) is 1.18. The average Bonchev–Trinajstić information content (AvgIpc) is 2.52. The normalized spacial score (nSPS) is 12.6. The van der Waals surface area contributed by atoms with Crippen molar-refractivity contribution in [2.75, 3.05) is 19.4 Å². The summed E-state index contributed by atoms with van der Waals surface area (Å²) in [4.78, 5) is 49.8. The van der Waals surface area contributed by atoms with Crippen molar-refractivity contribution in [1.82, 2.24) is 5.32 Å². The Morgan fingerprint density at radius 3 is 2.40 bits per heavy atom. The van der Waals surface area contributed by atoms with Gasteiger partial charge in [0.25, 0.3) is 0 Å². The second kappa shape index (κ2) is 12.1. The first-order valence-corrected chi connectivity index (χ1v) is 8.44. The first-order valence-electron chi connectivity index (χ1n) is 7.46. The molecule has 2 atom stereocenters. The number of guanidine groups is 1. The molecule has 0 aromatic rings. The van der Waals surface area contributed by atoms with Crippen LogP contribution in [0.25, 0.3) is 0 Å². The van der Waals surface area contributed by atoms with Crippen molar-refractivity contribution in [3.05, 3.63) is 0 Å². The van der Waals surface area contributed by atoms with Crippen LogP contribution in [0.3, 0.4) is 0 Å². The minimum Gasteiger partial charge on any atom is -0.480 e. The predicted octanol–water partition coefficient (Wildman–Crippen LogP) is -0.932. The van der Waals surface area contributed by atoms with Crippen LogP contribution >= 0.6 is 11.8 Å². The standard InChI is InChI=1S/C14H24N4O6S/c1-8(19)25-7-9(6-11(20)24-2)12(21)18-10(13(22)23)4-3-5-17-14(15)16/h9-10H,3-7H2,1-2H3,(H,18,21)(H,22,23)(H4,15,16,17)/t9?,10-/m0/s1. The number of aliphatic imine (C=N–C) groups is 1. The quantitative estimate of drug-likeness (QED) is 0.154. The van der Waals surface area contributed by atoms with Crippen LogP contribution in [0.2, 0.25) is 0 Å². The number of nitrogens with two attached hydrogens (primary N) is 2. The van der Waals surface area contributed by atoms with Crippen LogP contribution in [0.4, 0.5) is 0 Å². The maximum Gasteiger partial charge on any atom is 0.326 e. The first kappa shape index (κ1) is 22.7. The number of nitrogens with zero attached hydrogens (tertiary/aromatic N) is 1. The van der Waals surface area contributed by atoms with Crippen molar-refractivity contribution < 1.29 is 29.0 Å². The number of nitrogens with one attached hydrogen (secondary N) is 1. The van der Waals surface area contributed by atoms with Crippen LogP contribution in [0, 0.1) is 5.92 Å². The number of aliphatic carboxylic acids is 1. The molecule has 0 bridgehead atoms. The summed E-state index contributed by atoms with van der Waals surface area (Å²) in [6, 6.07) is -1.15. The highest BCUT2D eigenvalue weighted by atomic mass is 32.2.